The summed E-state index contributed by atoms with van der Waals surface area (Å²) in [5.74, 6) is 0.131. The third kappa shape index (κ3) is 5.99. The van der Waals surface area contributed by atoms with Gasteiger partial charge in [0.1, 0.15) is 12.9 Å². The van der Waals surface area contributed by atoms with Crippen LogP contribution in [0.5, 0.6) is 0 Å². The minimum atomic E-state index is 0.0502. The van der Waals surface area contributed by atoms with E-state index in [1.54, 1.807) is 19.3 Å². The number of rotatable bonds is 6. The van der Waals surface area contributed by atoms with Gasteiger partial charge in [-0.25, -0.2) is 9.97 Å². The maximum Gasteiger partial charge on any atom is 0.248 e. The summed E-state index contributed by atoms with van der Waals surface area (Å²) in [6, 6.07) is 0.134. The third-order valence-electron chi connectivity index (χ3n) is 5.86. The van der Waals surface area contributed by atoms with Gasteiger partial charge in [-0.1, -0.05) is 19.3 Å². The van der Waals surface area contributed by atoms with Crippen LogP contribution < -0.4 is 0 Å². The molecule has 1 saturated carbocycles. The Labute approximate surface area is 167 Å². The highest BCUT2D eigenvalue weighted by molar-refractivity contribution is 5.77. The van der Waals surface area contributed by atoms with E-state index in [4.69, 9.17) is 4.74 Å². The second-order valence-corrected chi connectivity index (χ2v) is 7.93. The first-order valence-corrected chi connectivity index (χ1v) is 10.5. The van der Waals surface area contributed by atoms with Gasteiger partial charge in [-0.2, -0.15) is 0 Å². The molecule has 2 fully saturated rings. The highest BCUT2D eigenvalue weighted by Gasteiger charge is 2.27. The molecule has 154 valence electrons. The predicted octanol–water partition coefficient (Wildman–Crippen LogP) is 2.56. The molecule has 2 amide bonds. The molecule has 3 rings (SSSR count). The van der Waals surface area contributed by atoms with Gasteiger partial charge in [-0.3, -0.25) is 9.59 Å². The quantitative estimate of drug-likeness (QED) is 0.749. The van der Waals surface area contributed by atoms with Crippen LogP contribution in [0.15, 0.2) is 18.7 Å². The summed E-state index contributed by atoms with van der Waals surface area (Å²) in [7, 11) is 0. The number of carbonyl (C=O) groups is 2. The van der Waals surface area contributed by atoms with E-state index in [1.807, 2.05) is 9.80 Å². The topological polar surface area (TPSA) is 75.6 Å². The molecule has 0 bridgehead atoms. The number of hydrogen-bond acceptors (Lipinski definition) is 5. The molecule has 1 aromatic rings. The fourth-order valence-electron chi connectivity index (χ4n) is 4.26. The smallest absolute Gasteiger partial charge is 0.248 e. The molecule has 2 heterocycles. The van der Waals surface area contributed by atoms with Crippen molar-refractivity contribution in [1.29, 1.82) is 0 Å². The van der Waals surface area contributed by atoms with Crippen LogP contribution in [0.3, 0.4) is 0 Å². The zero-order chi connectivity index (χ0) is 19.8. The van der Waals surface area contributed by atoms with Crippen molar-refractivity contribution < 1.29 is 14.3 Å². The van der Waals surface area contributed by atoms with E-state index in [1.165, 1.54) is 25.6 Å². The molecule has 0 aromatic carbocycles. The van der Waals surface area contributed by atoms with Crippen LogP contribution in [0.25, 0.3) is 0 Å². The normalized spacial score (nSPS) is 21.2. The maximum absolute atomic E-state index is 12.6. The Bertz CT molecular complexity index is 634. The third-order valence-corrected chi connectivity index (χ3v) is 5.86. The van der Waals surface area contributed by atoms with E-state index in [-0.39, 0.29) is 30.6 Å². The highest BCUT2D eigenvalue weighted by atomic mass is 16.5. The monoisotopic (exact) mass is 388 g/mol. The summed E-state index contributed by atoms with van der Waals surface area (Å²) in [6.07, 6.45) is 13.7. The minimum Gasteiger partial charge on any atom is -0.368 e. The van der Waals surface area contributed by atoms with Gasteiger partial charge in [0, 0.05) is 50.6 Å². The van der Waals surface area contributed by atoms with E-state index >= 15 is 0 Å². The molecule has 0 spiro atoms. The largest absolute Gasteiger partial charge is 0.368 e. The standard InChI is InChI=1S/C21H32N4O3/c1-17(26)25(14-18-12-22-16-23-13-18)19-6-5-10-24(11-9-19)21(27)15-28-20-7-3-2-4-8-20/h12-13,16,19-20H,2-11,14-15H2,1H3/t19-/m1/s1. The fraction of sp³-hybridized carbons (Fsp3) is 0.714. The molecule has 7 nitrogen and oxygen atoms in total. The highest BCUT2D eigenvalue weighted by Crippen LogP contribution is 2.22. The number of nitrogens with zero attached hydrogens (tertiary/aromatic N) is 4. The molecule has 0 unspecified atom stereocenters. The fourth-order valence-corrected chi connectivity index (χ4v) is 4.26. The second kappa shape index (κ2) is 10.5. The van der Waals surface area contributed by atoms with E-state index in [0.29, 0.717) is 13.1 Å². The van der Waals surface area contributed by atoms with Crippen LogP contribution in [-0.2, 0) is 20.9 Å². The van der Waals surface area contributed by atoms with Crippen molar-refractivity contribution in [3.05, 3.63) is 24.3 Å². The molecular formula is C21H32N4O3. The van der Waals surface area contributed by atoms with Gasteiger partial charge >= 0.3 is 0 Å². The Kier molecular flexibility index (Phi) is 7.77. The molecule has 1 atom stereocenters. The average Bonchev–Trinajstić information content (AvgIpc) is 2.98. The number of likely N-dealkylation sites (tertiary alicyclic amines) is 1. The van der Waals surface area contributed by atoms with Gasteiger partial charge in [0.25, 0.3) is 0 Å². The van der Waals surface area contributed by atoms with Gasteiger partial charge in [-0.05, 0) is 32.1 Å². The van der Waals surface area contributed by atoms with E-state index in [2.05, 4.69) is 9.97 Å². The summed E-state index contributed by atoms with van der Waals surface area (Å²) in [6.45, 7) is 3.72. The summed E-state index contributed by atoms with van der Waals surface area (Å²) < 4.78 is 5.86. The van der Waals surface area contributed by atoms with Crippen molar-refractivity contribution >= 4 is 11.8 Å². The molecule has 1 aromatic heterocycles. The van der Waals surface area contributed by atoms with Crippen molar-refractivity contribution in [3.63, 3.8) is 0 Å². The molecule has 1 aliphatic carbocycles. The van der Waals surface area contributed by atoms with Crippen LogP contribution in [-0.4, -0.2) is 63.4 Å². The van der Waals surface area contributed by atoms with Gasteiger partial charge in [0.2, 0.25) is 11.8 Å². The molecule has 28 heavy (non-hydrogen) atoms. The lowest BCUT2D eigenvalue weighted by molar-refractivity contribution is -0.138. The first-order valence-electron chi connectivity index (χ1n) is 10.5. The molecule has 0 radical (unpaired) electrons. The Morgan fingerprint density at radius 3 is 2.54 bits per heavy atom. The number of hydrogen-bond donors (Lipinski definition) is 0. The van der Waals surface area contributed by atoms with Crippen molar-refractivity contribution in [1.82, 2.24) is 19.8 Å². The first-order chi connectivity index (χ1) is 13.6. The predicted molar refractivity (Wildman–Crippen MR) is 105 cm³/mol. The number of aromatic nitrogens is 2. The maximum atomic E-state index is 12.6. The van der Waals surface area contributed by atoms with E-state index in [9.17, 15) is 9.59 Å². The lowest BCUT2D eigenvalue weighted by Crippen LogP contribution is -2.40. The molecule has 7 heteroatoms. The zero-order valence-electron chi connectivity index (χ0n) is 16.9. The van der Waals surface area contributed by atoms with Gasteiger partial charge in [-0.15, -0.1) is 0 Å². The molecular weight excluding hydrogens is 356 g/mol. The van der Waals surface area contributed by atoms with Crippen LogP contribution >= 0.6 is 0 Å². The zero-order valence-corrected chi connectivity index (χ0v) is 16.9. The van der Waals surface area contributed by atoms with Gasteiger partial charge in [0.15, 0.2) is 0 Å². The Morgan fingerprint density at radius 2 is 1.82 bits per heavy atom. The number of carbonyl (C=O) groups excluding carboxylic acids is 2. The van der Waals surface area contributed by atoms with Crippen LogP contribution in [0, 0.1) is 0 Å². The molecule has 0 N–H and O–H groups in total. The summed E-state index contributed by atoms with van der Waals surface area (Å²) >= 11 is 0. The van der Waals surface area contributed by atoms with Crippen LogP contribution in [0.4, 0.5) is 0 Å². The van der Waals surface area contributed by atoms with Crippen molar-refractivity contribution in [2.75, 3.05) is 19.7 Å². The Balaban J connectivity index is 1.51. The van der Waals surface area contributed by atoms with Crippen molar-refractivity contribution in [2.45, 2.75) is 77.0 Å². The lowest BCUT2D eigenvalue weighted by atomic mass is 9.98. The Morgan fingerprint density at radius 1 is 1.07 bits per heavy atom. The molecule has 2 aliphatic rings. The minimum absolute atomic E-state index is 0.0502. The summed E-state index contributed by atoms with van der Waals surface area (Å²) in [4.78, 5) is 36.7. The van der Waals surface area contributed by atoms with Crippen molar-refractivity contribution in [3.8, 4) is 0 Å². The van der Waals surface area contributed by atoms with Crippen LogP contribution in [0.2, 0.25) is 0 Å². The van der Waals surface area contributed by atoms with Crippen molar-refractivity contribution in [2.24, 2.45) is 0 Å². The van der Waals surface area contributed by atoms with Gasteiger partial charge in [0.05, 0.1) is 6.10 Å². The average molecular weight is 389 g/mol. The summed E-state index contributed by atoms with van der Waals surface area (Å²) in [5, 5.41) is 0. The lowest BCUT2D eigenvalue weighted by Gasteiger charge is -2.30. The number of ether oxygens (including phenoxy) is 1. The Hall–Kier alpha value is -2.02. The second-order valence-electron chi connectivity index (χ2n) is 7.93. The van der Waals surface area contributed by atoms with Gasteiger partial charge < -0.3 is 14.5 Å². The summed E-state index contributed by atoms with van der Waals surface area (Å²) in [5.41, 5.74) is 0.927. The number of amides is 2. The SMILES string of the molecule is CC(=O)N(Cc1cncnc1)[C@@H]1CCCN(C(=O)COC2CCCCC2)CC1. The first kappa shape index (κ1) is 20.7. The van der Waals surface area contributed by atoms with E-state index < -0.39 is 0 Å². The van der Waals surface area contributed by atoms with Crippen LogP contribution in [0.1, 0.15) is 63.9 Å². The molecule has 1 saturated heterocycles. The molecule has 1 aliphatic heterocycles. The van der Waals surface area contributed by atoms with E-state index in [0.717, 1.165) is 44.2 Å².